The minimum Gasteiger partial charge on any atom is -0.478 e. The second-order valence-electron chi connectivity index (χ2n) is 5.70. The van der Waals surface area contributed by atoms with Crippen molar-refractivity contribution in [3.8, 4) is 28.2 Å². The third-order valence-corrected chi connectivity index (χ3v) is 4.58. The van der Waals surface area contributed by atoms with Gasteiger partial charge in [0.15, 0.2) is 0 Å². The van der Waals surface area contributed by atoms with Crippen LogP contribution in [0.3, 0.4) is 0 Å². The molecule has 3 rings (SSSR count). The predicted molar refractivity (Wildman–Crippen MR) is 103 cm³/mol. The summed E-state index contributed by atoms with van der Waals surface area (Å²) in [6.45, 7) is 0. The molecule has 3 N–H and O–H groups in total. The predicted octanol–water partition coefficient (Wildman–Crippen LogP) is 2.87. The molecule has 0 radical (unpaired) electrons. The second kappa shape index (κ2) is 8.38. The van der Waals surface area contributed by atoms with Crippen molar-refractivity contribution in [3.63, 3.8) is 0 Å². The van der Waals surface area contributed by atoms with E-state index in [1.165, 1.54) is 42.7 Å². The Balaban J connectivity index is 2.28. The summed E-state index contributed by atoms with van der Waals surface area (Å²) in [6, 6.07) is 6.10. The first-order chi connectivity index (χ1) is 14.3. The molecule has 30 heavy (non-hydrogen) atoms. The van der Waals surface area contributed by atoms with E-state index in [2.05, 4.69) is 15.0 Å². The summed E-state index contributed by atoms with van der Waals surface area (Å²) in [5.41, 5.74) is -0.328. The topological polar surface area (TPSA) is 174 Å². The number of hydrogen-bond acceptors (Lipinski definition) is 8. The maximum absolute atomic E-state index is 11.6. The van der Waals surface area contributed by atoms with Gasteiger partial charge in [0.05, 0.1) is 38.7 Å². The minimum absolute atomic E-state index is 0.000175. The summed E-state index contributed by atoms with van der Waals surface area (Å²) in [4.78, 5) is 46.8. The highest BCUT2D eigenvalue weighted by Crippen LogP contribution is 2.33. The van der Waals surface area contributed by atoms with Crippen molar-refractivity contribution in [1.29, 1.82) is 5.26 Å². The normalized spacial score (nSPS) is 10.2. The molecular formula is C19H10N4O6S. The molecule has 0 spiro atoms. The third-order valence-electron chi connectivity index (χ3n) is 3.87. The Morgan fingerprint density at radius 1 is 0.833 bits per heavy atom. The molecule has 0 bridgehead atoms. The number of aromatic carboxylic acids is 3. The zero-order valence-electron chi connectivity index (χ0n) is 14.8. The summed E-state index contributed by atoms with van der Waals surface area (Å²) in [6.07, 6.45) is 2.45. The lowest BCUT2D eigenvalue weighted by atomic mass is 10.1. The van der Waals surface area contributed by atoms with Crippen LogP contribution >= 0.6 is 11.8 Å². The standard InChI is InChI=1S/C19H10N4O6S/c20-8-30-16-11(19(28)29)2-4-22-15(16)14-7-10(18(26)27)6-13(23-14)12-5-9(17(24)25)1-3-21-12/h1-7H,(H,24,25)(H,26,27)(H,28,29). The van der Waals surface area contributed by atoms with E-state index in [1.807, 2.05) is 0 Å². The van der Waals surface area contributed by atoms with E-state index in [0.717, 1.165) is 0 Å². The lowest BCUT2D eigenvalue weighted by Gasteiger charge is -2.10. The van der Waals surface area contributed by atoms with Crippen LogP contribution in [0.5, 0.6) is 0 Å². The van der Waals surface area contributed by atoms with Gasteiger partial charge in [-0.05, 0) is 42.1 Å². The van der Waals surface area contributed by atoms with Gasteiger partial charge >= 0.3 is 17.9 Å². The van der Waals surface area contributed by atoms with E-state index in [4.69, 9.17) is 10.4 Å². The van der Waals surface area contributed by atoms with E-state index < -0.39 is 17.9 Å². The molecular weight excluding hydrogens is 412 g/mol. The van der Waals surface area contributed by atoms with E-state index in [9.17, 15) is 24.6 Å². The molecule has 11 heteroatoms. The van der Waals surface area contributed by atoms with Crippen molar-refractivity contribution in [3.05, 3.63) is 59.4 Å². The van der Waals surface area contributed by atoms with Crippen molar-refractivity contribution < 1.29 is 29.7 Å². The number of thiocyanates is 1. The summed E-state index contributed by atoms with van der Waals surface area (Å²) in [7, 11) is 0. The van der Waals surface area contributed by atoms with Crippen LogP contribution < -0.4 is 0 Å². The quantitative estimate of drug-likeness (QED) is 0.393. The van der Waals surface area contributed by atoms with Crippen LogP contribution in [0, 0.1) is 10.7 Å². The zero-order chi connectivity index (χ0) is 21.8. The Kier molecular flexibility index (Phi) is 5.70. The van der Waals surface area contributed by atoms with Crippen molar-refractivity contribution >= 4 is 29.7 Å². The monoisotopic (exact) mass is 422 g/mol. The second-order valence-corrected chi connectivity index (χ2v) is 6.50. The number of pyridine rings is 3. The number of carboxylic acid groups (broad SMARTS) is 3. The molecule has 3 aromatic heterocycles. The van der Waals surface area contributed by atoms with Gasteiger partial charge < -0.3 is 15.3 Å². The van der Waals surface area contributed by atoms with Crippen LogP contribution in [0.4, 0.5) is 0 Å². The van der Waals surface area contributed by atoms with Crippen molar-refractivity contribution in [1.82, 2.24) is 15.0 Å². The lowest BCUT2D eigenvalue weighted by Crippen LogP contribution is -2.05. The fraction of sp³-hybridized carbons (Fsp3) is 0. The van der Waals surface area contributed by atoms with Crippen molar-refractivity contribution in [2.45, 2.75) is 4.90 Å². The molecule has 0 aliphatic carbocycles. The van der Waals surface area contributed by atoms with Gasteiger partial charge in [-0.25, -0.2) is 19.4 Å². The maximum Gasteiger partial charge on any atom is 0.337 e. The van der Waals surface area contributed by atoms with E-state index in [-0.39, 0.29) is 44.4 Å². The van der Waals surface area contributed by atoms with Crippen molar-refractivity contribution in [2.75, 3.05) is 0 Å². The lowest BCUT2D eigenvalue weighted by molar-refractivity contribution is 0.0683. The molecule has 3 aromatic rings. The molecule has 0 aromatic carbocycles. The Morgan fingerprint density at radius 3 is 2.10 bits per heavy atom. The Morgan fingerprint density at radius 2 is 1.47 bits per heavy atom. The fourth-order valence-corrected chi connectivity index (χ4v) is 3.17. The molecule has 0 aliphatic heterocycles. The summed E-state index contributed by atoms with van der Waals surface area (Å²) in [5, 5.41) is 38.9. The number of nitrogens with zero attached hydrogens (tertiary/aromatic N) is 4. The number of hydrogen-bond donors (Lipinski definition) is 3. The highest BCUT2D eigenvalue weighted by atomic mass is 32.2. The molecule has 10 nitrogen and oxygen atoms in total. The number of carboxylic acids is 3. The molecule has 0 saturated carbocycles. The van der Waals surface area contributed by atoms with Gasteiger partial charge in [0, 0.05) is 12.4 Å². The number of aromatic nitrogens is 3. The number of rotatable bonds is 6. The van der Waals surface area contributed by atoms with Gasteiger partial charge in [-0.1, -0.05) is 0 Å². The largest absolute Gasteiger partial charge is 0.478 e. The van der Waals surface area contributed by atoms with Crippen LogP contribution in [0.2, 0.25) is 0 Å². The number of thioether (sulfide) groups is 1. The third kappa shape index (κ3) is 4.08. The van der Waals surface area contributed by atoms with Crippen LogP contribution in [-0.4, -0.2) is 48.2 Å². The summed E-state index contributed by atoms with van der Waals surface area (Å²) >= 11 is 0.555. The van der Waals surface area contributed by atoms with E-state index in [0.29, 0.717) is 11.8 Å². The molecule has 148 valence electrons. The first-order valence-electron chi connectivity index (χ1n) is 8.05. The SMILES string of the molecule is N#CSc1c(C(=O)O)ccnc1-c1cc(C(=O)O)cc(-c2cc(C(=O)O)ccn2)n1. The van der Waals surface area contributed by atoms with Crippen LogP contribution in [0.15, 0.2) is 47.6 Å². The minimum atomic E-state index is -1.29. The smallest absolute Gasteiger partial charge is 0.337 e. The number of nitriles is 1. The molecule has 0 saturated heterocycles. The molecule has 0 unspecified atom stereocenters. The first-order valence-corrected chi connectivity index (χ1v) is 8.87. The van der Waals surface area contributed by atoms with E-state index >= 15 is 0 Å². The Bertz CT molecular complexity index is 1240. The van der Waals surface area contributed by atoms with Gasteiger partial charge in [-0.2, -0.15) is 5.26 Å². The maximum atomic E-state index is 11.6. The molecule has 3 heterocycles. The highest BCUT2D eigenvalue weighted by Gasteiger charge is 2.21. The molecule has 0 fully saturated rings. The van der Waals surface area contributed by atoms with Gasteiger partial charge in [0.1, 0.15) is 11.1 Å². The number of carbonyl (C=O) groups is 3. The average molecular weight is 422 g/mol. The zero-order valence-corrected chi connectivity index (χ0v) is 15.6. The average Bonchev–Trinajstić information content (AvgIpc) is 2.73. The van der Waals surface area contributed by atoms with Gasteiger partial charge in [-0.15, -0.1) is 0 Å². The molecule has 0 amide bonds. The van der Waals surface area contributed by atoms with Crippen molar-refractivity contribution in [2.24, 2.45) is 0 Å². The van der Waals surface area contributed by atoms with E-state index in [1.54, 1.807) is 5.40 Å². The highest BCUT2D eigenvalue weighted by molar-refractivity contribution is 8.04. The van der Waals surface area contributed by atoms with Crippen LogP contribution in [-0.2, 0) is 0 Å². The van der Waals surface area contributed by atoms with Crippen LogP contribution in [0.1, 0.15) is 31.1 Å². The van der Waals surface area contributed by atoms with Gasteiger partial charge in [0.2, 0.25) is 0 Å². The summed E-state index contributed by atoms with van der Waals surface area (Å²) < 4.78 is 0. The Labute approximate surface area is 172 Å². The van der Waals surface area contributed by atoms with Gasteiger partial charge in [0.25, 0.3) is 0 Å². The van der Waals surface area contributed by atoms with Gasteiger partial charge in [-0.3, -0.25) is 9.97 Å². The van der Waals surface area contributed by atoms with Crippen LogP contribution in [0.25, 0.3) is 22.8 Å². The Hall–Kier alpha value is -4.30. The molecule has 0 aliphatic rings. The first kappa shape index (κ1) is 20.4. The fourth-order valence-electron chi connectivity index (χ4n) is 2.56. The molecule has 0 atom stereocenters. The summed E-state index contributed by atoms with van der Waals surface area (Å²) in [5.74, 6) is -3.78.